The van der Waals surface area contributed by atoms with Crippen LogP contribution in [0.4, 0.5) is 11.6 Å². The molecule has 7 saturated heterocycles. The molecule has 7 aliphatic rings. The number of benzene rings is 2. The lowest BCUT2D eigenvalue weighted by molar-refractivity contribution is -0.199. The minimum Gasteiger partial charge on any atom is -0.394 e. The molecule has 0 aliphatic carbocycles. The molecule has 10 N–H and O–H groups in total. The maximum Gasteiger partial charge on any atom is 0.251 e. The molecule has 2 aromatic carbocycles. The molecule has 41 heteroatoms. The molecule has 570 valence electrons. The standard InChI is InChI=1S/C21H23IN6O4.C18H19IN6O4.C13H15ClN4O4.C10H11ClN4O4.C4H8O/c1-21(2)31-14-15(19(29)23-3)30-20(16(14)32-21)28-10-27-13-17(25-9-26-18(13)28)24-8-11-5-4-6-12(22)7-11;1-20-17(28)14-12(26)13(27)18(29-14)25-8-24-11-15(22-7-23-16(11)25)21-6-9-3-2-4-10(19)5-9;1-13(2)21-8-6(3-19)20-12(9(8)22-13)18-5-17-7-10(14)15-4-16-11(7)18;11-8-5-9(13-2-12-8)15(3-14-5)10-7(18)6(17)4(1-16)19-10;1-2-4-5-3-1/h4-7,9-10,14-16,20H,8H2,1-3H3,(H,23,29)(H,24,25,26);2-5,7-8,12-14,18,26-27H,6H2,1H3,(H,20,28)(H,21,22,23);4-6,8-9,12,19H,3H2,1-2H3;2-4,6-7,10,16-18H,1H2;1-4H2/t14-,15+,16-,20-;12-,13+,14-,18+;6-,8-,9-,12-;4-,6-,7-,10-;/m1011./s1. The van der Waals surface area contributed by atoms with Crippen LogP contribution in [0.15, 0.2) is 99.1 Å². The van der Waals surface area contributed by atoms with Gasteiger partial charge in [-0.25, -0.2) is 59.8 Å². The minimum absolute atomic E-state index is 0.153. The summed E-state index contributed by atoms with van der Waals surface area (Å²) in [7, 11) is 3.00. The Labute approximate surface area is 646 Å². The summed E-state index contributed by atoms with van der Waals surface area (Å²) in [4.78, 5) is 74.7. The number of likely N-dealkylation sites (N-methyl/N-ethyl adjacent to an activating group) is 2. The SMILES string of the molecule is C1CCOC1.CC1(C)O[C@@H]2[C@H](O1)[C@@H](CO)O[C@H]2n1cnc2c(Cl)ncnc21.CNC(=O)[C@H]1O[C@@H](n2cnc3c(NCc4cccc(I)c4)ncnc32)[C@@H]2OC(C)(C)O[C@@H]21.CNC(=O)[C@H]1O[C@@H](n2cnc3c(NCc4cccc(I)c4)ncnc32)[C@H](O)[C@@H]1O.OC[C@H]1O[C@@H](n2cnc3c(Cl)ncnc32)[C@H](O)[C@@H]1O. The van der Waals surface area contributed by atoms with Crippen LogP contribution in [0, 0.1) is 7.14 Å². The third-order valence-electron chi connectivity index (χ3n) is 18.1. The molecule has 0 bridgehead atoms. The van der Waals surface area contributed by atoms with Crippen molar-refractivity contribution in [3.8, 4) is 0 Å². The highest BCUT2D eigenvalue weighted by Crippen LogP contribution is 2.46. The molecule has 17 rings (SSSR count). The first-order valence-corrected chi connectivity index (χ1v) is 36.7. The molecule has 0 unspecified atom stereocenters. The maximum atomic E-state index is 12.4. The number of nitrogens with zero attached hydrogens (tertiary/aromatic N) is 16. The lowest BCUT2D eigenvalue weighted by atomic mass is 10.1. The Morgan fingerprint density at radius 2 is 0.879 bits per heavy atom. The number of aliphatic hydroxyl groups is 6. The molecule has 15 heterocycles. The van der Waals surface area contributed by atoms with Gasteiger partial charge >= 0.3 is 0 Å². The molecule has 0 spiro atoms. The monoisotopic (exact) mass is 1740 g/mol. The summed E-state index contributed by atoms with van der Waals surface area (Å²) in [6.07, 6.45) is 1.04. The number of fused-ring (bicyclic) bond motifs is 6. The highest BCUT2D eigenvalue weighted by molar-refractivity contribution is 14.1. The van der Waals surface area contributed by atoms with E-state index in [0.29, 0.717) is 69.4 Å². The van der Waals surface area contributed by atoms with Crippen molar-refractivity contribution < 1.29 is 82.9 Å². The van der Waals surface area contributed by atoms with Crippen LogP contribution in [0.1, 0.15) is 76.6 Å². The van der Waals surface area contributed by atoms with Crippen LogP contribution in [0.25, 0.3) is 44.7 Å². The lowest BCUT2D eigenvalue weighted by Gasteiger charge is -2.24. The van der Waals surface area contributed by atoms with Crippen LogP contribution in [0.5, 0.6) is 0 Å². The summed E-state index contributed by atoms with van der Waals surface area (Å²) < 4.78 is 60.5. The van der Waals surface area contributed by atoms with Gasteiger partial charge in [-0.05, 0) is 121 Å². The van der Waals surface area contributed by atoms with Gasteiger partial charge in [0.25, 0.3) is 11.8 Å². The molecule has 37 nitrogen and oxygen atoms in total. The van der Waals surface area contributed by atoms with E-state index >= 15 is 0 Å². The zero-order valence-electron chi connectivity index (χ0n) is 58.0. The van der Waals surface area contributed by atoms with Gasteiger partial charge in [-0.15, -0.1) is 0 Å². The molecule has 0 saturated carbocycles. The number of rotatable bonds is 14. The van der Waals surface area contributed by atoms with Crippen molar-refractivity contribution in [1.29, 1.82) is 0 Å². The third-order valence-corrected chi connectivity index (χ3v) is 20.0. The molecule has 10 aromatic rings. The van der Waals surface area contributed by atoms with Crippen molar-refractivity contribution in [3.63, 3.8) is 0 Å². The van der Waals surface area contributed by atoms with E-state index < -0.39 is 110 Å². The molecule has 8 aromatic heterocycles. The van der Waals surface area contributed by atoms with Crippen molar-refractivity contribution in [2.45, 2.75) is 163 Å². The van der Waals surface area contributed by atoms with Crippen molar-refractivity contribution in [3.05, 3.63) is 128 Å². The number of imidazole rings is 4. The highest BCUT2D eigenvalue weighted by Gasteiger charge is 2.59. The minimum atomic E-state index is -1.36. The largest absolute Gasteiger partial charge is 0.394 e. The number of halogens is 4. The number of hydrogen-bond donors (Lipinski definition) is 10. The lowest BCUT2D eigenvalue weighted by Crippen LogP contribution is -2.41. The van der Waals surface area contributed by atoms with Crippen LogP contribution in [-0.4, -0.2) is 246 Å². The number of aliphatic hydroxyl groups excluding tert-OH is 6. The summed E-state index contributed by atoms with van der Waals surface area (Å²) in [5, 5.41) is 70.9. The second-order valence-corrected chi connectivity index (χ2v) is 29.3. The van der Waals surface area contributed by atoms with Gasteiger partial charge in [0, 0.05) is 47.5 Å². The van der Waals surface area contributed by atoms with Crippen molar-refractivity contribution in [2.24, 2.45) is 0 Å². The van der Waals surface area contributed by atoms with E-state index in [-0.39, 0.29) is 35.0 Å². The molecular formula is C66H76Cl2I2N20O17. The summed E-state index contributed by atoms with van der Waals surface area (Å²) in [6, 6.07) is 16.3. The maximum absolute atomic E-state index is 12.4. The first-order valence-electron chi connectivity index (χ1n) is 33.7. The molecule has 7 aliphatic heterocycles. The Morgan fingerprint density at radius 3 is 1.34 bits per heavy atom. The van der Waals surface area contributed by atoms with E-state index in [1.807, 2.05) is 58.0 Å². The van der Waals surface area contributed by atoms with Gasteiger partial charge in [0.05, 0.1) is 38.5 Å². The van der Waals surface area contributed by atoms with E-state index in [2.05, 4.69) is 144 Å². The summed E-state index contributed by atoms with van der Waals surface area (Å²) in [5.41, 5.74) is 6.14. The zero-order chi connectivity index (χ0) is 75.6. The number of hydrogen-bond acceptors (Lipinski definition) is 31. The fourth-order valence-corrected chi connectivity index (χ4v) is 14.6. The van der Waals surface area contributed by atoms with Gasteiger partial charge in [0.15, 0.2) is 104 Å². The predicted octanol–water partition coefficient (Wildman–Crippen LogP) is 3.39. The van der Waals surface area contributed by atoms with E-state index in [0.717, 1.165) is 27.9 Å². The third kappa shape index (κ3) is 16.6. The molecule has 0 radical (unpaired) electrons. The number of nitrogens with one attached hydrogen (secondary N) is 4. The molecular weight excluding hydrogens is 1670 g/mol. The fraction of sp³-hybridized carbons (Fsp3) is 0.485. The predicted molar refractivity (Wildman–Crippen MR) is 394 cm³/mol. The van der Waals surface area contributed by atoms with E-state index in [4.69, 9.17) is 70.9 Å². The van der Waals surface area contributed by atoms with Crippen molar-refractivity contribution in [1.82, 2.24) is 88.7 Å². The fourth-order valence-electron chi connectivity index (χ4n) is 13.1. The van der Waals surface area contributed by atoms with E-state index in [1.54, 1.807) is 28.8 Å². The van der Waals surface area contributed by atoms with E-state index in [9.17, 15) is 35.1 Å². The Hall–Kier alpha value is -7.38. The zero-order valence-corrected chi connectivity index (χ0v) is 63.8. The van der Waals surface area contributed by atoms with E-state index in [1.165, 1.54) is 70.6 Å². The van der Waals surface area contributed by atoms with Crippen LogP contribution in [0.3, 0.4) is 0 Å². The molecule has 107 heavy (non-hydrogen) atoms. The second-order valence-electron chi connectivity index (χ2n) is 26.1. The first kappa shape index (κ1) is 77.8. The average Bonchev–Trinajstić information content (AvgIpc) is 1.59. The number of amides is 2. The van der Waals surface area contributed by atoms with Gasteiger partial charge in [0.2, 0.25) is 0 Å². The van der Waals surface area contributed by atoms with Gasteiger partial charge in [0.1, 0.15) is 97.4 Å². The number of carbonyl (C=O) groups excluding carboxylic acids is 2. The first-order chi connectivity index (χ1) is 51.5. The van der Waals surface area contributed by atoms with Crippen molar-refractivity contribution >= 4 is 136 Å². The van der Waals surface area contributed by atoms with Crippen LogP contribution in [0.2, 0.25) is 10.3 Å². The van der Waals surface area contributed by atoms with Gasteiger partial charge in [-0.1, -0.05) is 47.5 Å². The Balaban J connectivity index is 0.000000125. The van der Waals surface area contributed by atoms with Crippen LogP contribution >= 0.6 is 68.4 Å². The number of aromatic nitrogens is 16. The Bertz CT molecular complexity index is 4770. The summed E-state index contributed by atoms with van der Waals surface area (Å²) >= 11 is 16.4. The normalized spacial score (nSPS) is 27.9. The van der Waals surface area contributed by atoms with Gasteiger partial charge < -0.3 is 94.5 Å². The number of carbonyl (C=O) groups is 2. The van der Waals surface area contributed by atoms with Gasteiger partial charge in [-0.3, -0.25) is 27.9 Å². The summed E-state index contributed by atoms with van der Waals surface area (Å²) in [5.74, 6) is -1.18. The molecule has 2 amide bonds. The smallest absolute Gasteiger partial charge is 0.251 e. The average molecular weight is 1750 g/mol. The topological polar surface area (TPSA) is 461 Å². The summed E-state index contributed by atoms with van der Waals surface area (Å²) in [6.45, 7) is 9.93. The second kappa shape index (κ2) is 33.4. The van der Waals surface area contributed by atoms with Gasteiger partial charge in [-0.2, -0.15) is 0 Å². The molecule has 16 atom stereocenters. The Kier molecular flexibility index (Phi) is 24.3. The van der Waals surface area contributed by atoms with Crippen LogP contribution < -0.4 is 21.3 Å². The van der Waals surface area contributed by atoms with Crippen molar-refractivity contribution in [2.75, 3.05) is 51.2 Å². The highest BCUT2D eigenvalue weighted by atomic mass is 127. The Morgan fingerprint density at radius 1 is 0.486 bits per heavy atom. The van der Waals surface area contributed by atoms with Crippen LogP contribution in [-0.2, 0) is 65.3 Å². The molecule has 7 fully saturated rings. The number of ether oxygens (including phenoxy) is 9. The number of anilines is 2. The quantitative estimate of drug-likeness (QED) is 0.0551.